The van der Waals surface area contributed by atoms with Crippen molar-refractivity contribution in [1.82, 2.24) is 20.4 Å². The van der Waals surface area contributed by atoms with Crippen LogP contribution in [0.15, 0.2) is 0 Å². The van der Waals surface area contributed by atoms with Gasteiger partial charge >= 0.3 is 12.1 Å². The van der Waals surface area contributed by atoms with Crippen LogP contribution in [-0.4, -0.2) is 52.2 Å². The van der Waals surface area contributed by atoms with Gasteiger partial charge in [0.1, 0.15) is 0 Å². The zero-order valence-electron chi connectivity index (χ0n) is 12.1. The van der Waals surface area contributed by atoms with Crippen molar-refractivity contribution in [2.75, 3.05) is 6.67 Å². The van der Waals surface area contributed by atoms with E-state index >= 15 is 0 Å². The number of nitrogens with one attached hydrogen (secondary N) is 2. The molecule has 21 heavy (non-hydrogen) atoms. The highest BCUT2D eigenvalue weighted by Gasteiger charge is 2.24. The van der Waals surface area contributed by atoms with E-state index in [0.29, 0.717) is 9.80 Å². The quantitative estimate of drug-likeness (QED) is 0.638. The highest BCUT2D eigenvalue weighted by atomic mass is 16.2. The topological polar surface area (TPSA) is 133 Å². The predicted octanol–water partition coefficient (Wildman–Crippen LogP) is -0.847. The Labute approximate surface area is 120 Å². The third-order valence-electron chi connectivity index (χ3n) is 2.14. The second-order valence-electron chi connectivity index (χ2n) is 3.89. The van der Waals surface area contributed by atoms with E-state index in [-0.39, 0.29) is 0 Å². The lowest BCUT2D eigenvalue weighted by atomic mass is 10.5. The van der Waals surface area contributed by atoms with E-state index < -0.39 is 42.4 Å². The van der Waals surface area contributed by atoms with E-state index in [4.69, 9.17) is 0 Å². The Morgan fingerprint density at radius 2 is 0.857 bits per heavy atom. The van der Waals surface area contributed by atoms with Crippen molar-refractivity contribution in [3.63, 3.8) is 0 Å². The molecule has 2 N–H and O–H groups in total. The Morgan fingerprint density at radius 1 is 0.619 bits per heavy atom. The zero-order chi connectivity index (χ0) is 16.7. The first-order valence-electron chi connectivity index (χ1n) is 5.77. The van der Waals surface area contributed by atoms with Crippen molar-refractivity contribution < 1.29 is 28.8 Å². The van der Waals surface area contributed by atoms with Crippen LogP contribution in [-0.2, 0) is 19.2 Å². The second-order valence-corrected chi connectivity index (χ2v) is 3.89. The number of urea groups is 2. The lowest BCUT2D eigenvalue weighted by molar-refractivity contribution is -0.139. The van der Waals surface area contributed by atoms with Gasteiger partial charge in [-0.15, -0.1) is 0 Å². The predicted molar refractivity (Wildman–Crippen MR) is 68.3 cm³/mol. The maximum atomic E-state index is 11.5. The van der Waals surface area contributed by atoms with Gasteiger partial charge in [0.15, 0.2) is 0 Å². The average molecular weight is 300 g/mol. The van der Waals surface area contributed by atoms with Gasteiger partial charge in [0.05, 0.1) is 6.67 Å². The van der Waals surface area contributed by atoms with Crippen LogP contribution in [0.3, 0.4) is 0 Å². The molecule has 0 rings (SSSR count). The van der Waals surface area contributed by atoms with Gasteiger partial charge in [0.25, 0.3) is 0 Å². The molecule has 0 aliphatic heterocycles. The van der Waals surface area contributed by atoms with Gasteiger partial charge in [0.2, 0.25) is 23.6 Å². The van der Waals surface area contributed by atoms with Gasteiger partial charge in [-0.1, -0.05) is 0 Å². The summed E-state index contributed by atoms with van der Waals surface area (Å²) in [6, 6.07) is -2.07. The Balaban J connectivity index is 4.55. The standard InChI is InChI=1S/C11H16N4O6/c1-6(16)14(7(2)17)10(20)12-5-13-11(21)15(8(3)18)9(4)19/h5H2,1-4H3,(H,12,20)(H,13,21). The summed E-state index contributed by atoms with van der Waals surface area (Å²) >= 11 is 0. The number of rotatable bonds is 2. The molecular weight excluding hydrogens is 284 g/mol. The van der Waals surface area contributed by atoms with Crippen molar-refractivity contribution in [3.05, 3.63) is 0 Å². The van der Waals surface area contributed by atoms with Gasteiger partial charge in [0, 0.05) is 27.7 Å². The molecule has 0 fully saturated rings. The summed E-state index contributed by atoms with van der Waals surface area (Å²) in [5.41, 5.74) is 0. The van der Waals surface area contributed by atoms with E-state index in [1.165, 1.54) is 0 Å². The summed E-state index contributed by atoms with van der Waals surface area (Å²) in [5, 5.41) is 4.15. The molecule has 0 radical (unpaired) electrons. The molecule has 0 saturated heterocycles. The minimum Gasteiger partial charge on any atom is -0.320 e. The van der Waals surface area contributed by atoms with E-state index in [9.17, 15) is 28.8 Å². The molecule has 8 amide bonds. The van der Waals surface area contributed by atoms with Gasteiger partial charge < -0.3 is 10.6 Å². The lowest BCUT2D eigenvalue weighted by Gasteiger charge is -2.18. The van der Waals surface area contributed by atoms with E-state index in [2.05, 4.69) is 10.6 Å². The fourth-order valence-electron chi connectivity index (χ4n) is 1.37. The minimum atomic E-state index is -1.03. The molecule has 0 aromatic heterocycles. The van der Waals surface area contributed by atoms with Crippen LogP contribution in [0.1, 0.15) is 27.7 Å². The maximum absolute atomic E-state index is 11.5. The van der Waals surface area contributed by atoms with Crippen molar-refractivity contribution >= 4 is 35.7 Å². The monoisotopic (exact) mass is 300 g/mol. The number of carbonyl (C=O) groups excluding carboxylic acids is 6. The summed E-state index contributed by atoms with van der Waals surface area (Å²) < 4.78 is 0. The van der Waals surface area contributed by atoms with Crippen molar-refractivity contribution in [1.29, 1.82) is 0 Å². The van der Waals surface area contributed by atoms with Crippen LogP contribution in [0.4, 0.5) is 9.59 Å². The molecule has 10 heteroatoms. The Bertz CT molecular complexity index is 429. The van der Waals surface area contributed by atoms with Crippen LogP contribution in [0.25, 0.3) is 0 Å². The third-order valence-corrected chi connectivity index (χ3v) is 2.14. The van der Waals surface area contributed by atoms with Gasteiger partial charge in [-0.2, -0.15) is 0 Å². The van der Waals surface area contributed by atoms with Crippen molar-refractivity contribution in [2.45, 2.75) is 27.7 Å². The summed E-state index contributed by atoms with van der Waals surface area (Å²) in [6.07, 6.45) is 0. The second kappa shape index (κ2) is 7.72. The normalized spacial score (nSPS) is 9.33. The summed E-state index contributed by atoms with van der Waals surface area (Å²) in [4.78, 5) is 68.0. The third kappa shape index (κ3) is 5.38. The van der Waals surface area contributed by atoms with Gasteiger partial charge in [-0.05, 0) is 0 Å². The van der Waals surface area contributed by atoms with Crippen molar-refractivity contribution in [3.8, 4) is 0 Å². The molecule has 0 atom stereocenters. The summed E-state index contributed by atoms with van der Waals surface area (Å²) in [5.74, 6) is -3.17. The highest BCUT2D eigenvalue weighted by Crippen LogP contribution is 1.93. The van der Waals surface area contributed by atoms with Gasteiger partial charge in [-0.25, -0.2) is 19.4 Å². The molecule has 0 aromatic rings. The highest BCUT2D eigenvalue weighted by molar-refractivity contribution is 6.10. The smallest absolute Gasteiger partial charge is 0.320 e. The van der Waals surface area contributed by atoms with Crippen LogP contribution >= 0.6 is 0 Å². The van der Waals surface area contributed by atoms with Crippen LogP contribution < -0.4 is 10.6 Å². The number of hydrogen-bond donors (Lipinski definition) is 2. The molecule has 0 unspecified atom stereocenters. The number of carbonyl (C=O) groups is 6. The summed E-state index contributed by atoms with van der Waals surface area (Å²) in [6.45, 7) is 3.60. The molecule has 0 aliphatic carbocycles. The molecule has 0 saturated carbocycles. The Hall–Kier alpha value is -2.78. The fraction of sp³-hybridized carbons (Fsp3) is 0.455. The number of imide groups is 6. The van der Waals surface area contributed by atoms with E-state index in [1.807, 2.05) is 0 Å². The SMILES string of the molecule is CC(=O)N(C(C)=O)C(=O)NCNC(=O)N(C(C)=O)C(C)=O. The molecule has 0 aromatic carbocycles. The Kier molecular flexibility index (Phi) is 6.70. The fourth-order valence-corrected chi connectivity index (χ4v) is 1.37. The summed E-state index contributed by atoms with van der Waals surface area (Å²) in [7, 11) is 0. The average Bonchev–Trinajstić information content (AvgIpc) is 2.26. The van der Waals surface area contributed by atoms with E-state index in [1.54, 1.807) is 0 Å². The van der Waals surface area contributed by atoms with Crippen LogP contribution in [0.2, 0.25) is 0 Å². The van der Waals surface area contributed by atoms with Crippen LogP contribution in [0, 0.1) is 0 Å². The van der Waals surface area contributed by atoms with E-state index in [0.717, 1.165) is 27.7 Å². The van der Waals surface area contributed by atoms with Crippen molar-refractivity contribution in [2.24, 2.45) is 0 Å². The Morgan fingerprint density at radius 3 is 1.05 bits per heavy atom. The lowest BCUT2D eigenvalue weighted by Crippen LogP contribution is -2.52. The van der Waals surface area contributed by atoms with Gasteiger partial charge in [-0.3, -0.25) is 19.2 Å². The minimum absolute atomic E-state index is 0.333. The zero-order valence-corrected chi connectivity index (χ0v) is 12.1. The number of amides is 8. The molecule has 0 spiro atoms. The first-order chi connectivity index (χ1) is 9.59. The largest absolute Gasteiger partial charge is 0.332 e. The maximum Gasteiger partial charge on any atom is 0.332 e. The molecule has 10 nitrogen and oxygen atoms in total. The first kappa shape index (κ1) is 18.2. The van der Waals surface area contributed by atoms with Crippen LogP contribution in [0.5, 0.6) is 0 Å². The molecule has 0 aliphatic rings. The number of nitrogens with zero attached hydrogens (tertiary/aromatic N) is 2. The molecule has 0 heterocycles. The molecule has 116 valence electrons. The molecular formula is C11H16N4O6. The first-order valence-corrected chi connectivity index (χ1v) is 5.77. The molecule has 0 bridgehead atoms. The number of hydrogen-bond acceptors (Lipinski definition) is 6.